The van der Waals surface area contributed by atoms with Gasteiger partial charge in [-0.2, -0.15) is 0 Å². The Hall–Kier alpha value is -2.72. The van der Waals surface area contributed by atoms with Crippen LogP contribution in [0.1, 0.15) is 45.0 Å². The summed E-state index contributed by atoms with van der Waals surface area (Å²) in [6.07, 6.45) is 0.465. The number of carbonyl (C=O) groups excluding carboxylic acids is 3. The van der Waals surface area contributed by atoms with Gasteiger partial charge in [0.15, 0.2) is 9.84 Å². The van der Waals surface area contributed by atoms with Gasteiger partial charge in [-0.1, -0.05) is 19.1 Å². The number of hydrogen-bond donors (Lipinski definition) is 1. The molecule has 1 aliphatic rings. The highest BCUT2D eigenvalue weighted by atomic mass is 32.2. The maximum absolute atomic E-state index is 13.0. The maximum Gasteiger partial charge on any atom is 0.341 e. The molecule has 0 aliphatic carbocycles. The van der Waals surface area contributed by atoms with E-state index in [-0.39, 0.29) is 32.7 Å². The molecule has 2 aromatic rings. The van der Waals surface area contributed by atoms with Crippen LogP contribution in [0.15, 0.2) is 29.2 Å². The molecule has 1 aliphatic heterocycles. The highest BCUT2D eigenvalue weighted by Crippen LogP contribution is 2.38. The number of carbonyl (C=O) groups is 3. The van der Waals surface area contributed by atoms with E-state index in [1.54, 1.807) is 17.0 Å². The zero-order valence-corrected chi connectivity index (χ0v) is 18.5. The van der Waals surface area contributed by atoms with Crippen molar-refractivity contribution in [3.63, 3.8) is 0 Å². The van der Waals surface area contributed by atoms with Gasteiger partial charge in [-0.3, -0.25) is 9.59 Å². The quantitative estimate of drug-likeness (QED) is 0.701. The molecule has 10 heteroatoms. The number of ether oxygens (including phenoxy) is 1. The van der Waals surface area contributed by atoms with Crippen molar-refractivity contribution in [2.45, 2.75) is 31.7 Å². The van der Waals surface area contributed by atoms with E-state index < -0.39 is 21.7 Å². The smallest absolute Gasteiger partial charge is 0.341 e. The number of sulfone groups is 1. The number of methoxy groups -OCH3 is 1. The van der Waals surface area contributed by atoms with Crippen LogP contribution in [0.3, 0.4) is 0 Å². The molecule has 0 spiro atoms. The Morgan fingerprint density at radius 3 is 2.57 bits per heavy atom. The largest absolute Gasteiger partial charge is 0.465 e. The lowest BCUT2D eigenvalue weighted by Crippen LogP contribution is -2.33. The normalized spacial score (nSPS) is 13.5. The summed E-state index contributed by atoms with van der Waals surface area (Å²) in [5.41, 5.74) is 1.01. The Labute approximate surface area is 178 Å². The van der Waals surface area contributed by atoms with Gasteiger partial charge in [-0.15, -0.1) is 11.3 Å². The minimum atomic E-state index is -3.61. The molecule has 2 amide bonds. The third-order valence-corrected chi connectivity index (χ3v) is 7.88. The topological polar surface area (TPSA) is 110 Å². The van der Waals surface area contributed by atoms with E-state index in [0.717, 1.165) is 10.4 Å². The monoisotopic (exact) mass is 450 g/mol. The van der Waals surface area contributed by atoms with Crippen LogP contribution in [-0.4, -0.2) is 50.5 Å². The number of anilines is 1. The molecule has 0 saturated heterocycles. The van der Waals surface area contributed by atoms with Gasteiger partial charge in [-0.25, -0.2) is 13.2 Å². The van der Waals surface area contributed by atoms with Gasteiger partial charge in [0, 0.05) is 18.3 Å². The number of esters is 1. The van der Waals surface area contributed by atoms with E-state index in [0.29, 0.717) is 19.5 Å². The van der Waals surface area contributed by atoms with Crippen LogP contribution in [0.5, 0.6) is 0 Å². The van der Waals surface area contributed by atoms with Crippen molar-refractivity contribution in [3.8, 4) is 0 Å². The van der Waals surface area contributed by atoms with Crippen molar-refractivity contribution in [2.75, 3.05) is 24.7 Å². The third-order valence-electron chi connectivity index (χ3n) is 4.97. The Morgan fingerprint density at radius 2 is 1.93 bits per heavy atom. The average molecular weight is 451 g/mol. The summed E-state index contributed by atoms with van der Waals surface area (Å²) in [7, 11) is -2.35. The predicted octanol–water partition coefficient (Wildman–Crippen LogP) is 2.49. The number of rotatable bonds is 5. The second kappa shape index (κ2) is 8.57. The van der Waals surface area contributed by atoms with E-state index in [4.69, 9.17) is 4.74 Å². The number of thiophene rings is 1. The number of fused-ring (bicyclic) bond motifs is 1. The molecule has 8 nitrogen and oxygen atoms in total. The first-order valence-corrected chi connectivity index (χ1v) is 11.8. The van der Waals surface area contributed by atoms with Crippen molar-refractivity contribution >= 4 is 44.0 Å². The van der Waals surface area contributed by atoms with Gasteiger partial charge in [-0.05, 0) is 24.1 Å². The lowest BCUT2D eigenvalue weighted by molar-refractivity contribution is -0.129. The number of hydrogen-bond acceptors (Lipinski definition) is 7. The Bertz CT molecular complexity index is 1120. The number of amides is 2. The van der Waals surface area contributed by atoms with E-state index in [2.05, 4.69) is 5.32 Å². The minimum absolute atomic E-state index is 0.00639. The SMILES string of the molecule is CCS(=O)(=O)c1ccccc1C(=O)Nc1sc2c(c1C(=O)OC)CCN(C(C)=O)C2. The van der Waals surface area contributed by atoms with Crippen molar-refractivity contribution in [1.29, 1.82) is 0 Å². The molecule has 1 aromatic carbocycles. The summed E-state index contributed by atoms with van der Waals surface area (Å²) in [6.45, 7) is 3.80. The van der Waals surface area contributed by atoms with Crippen molar-refractivity contribution < 1.29 is 27.5 Å². The standard InChI is InChI=1S/C20H22N2O6S2/c1-4-30(26,27)16-8-6-5-7-14(16)18(24)21-19-17(20(25)28-3)13-9-10-22(12(2)23)11-15(13)29-19/h5-8H,4,9-11H2,1-3H3,(H,21,24). The molecule has 2 heterocycles. The molecule has 160 valence electrons. The second-order valence-corrected chi connectivity index (χ2v) is 10.1. The van der Waals surface area contributed by atoms with Gasteiger partial charge in [0.1, 0.15) is 5.00 Å². The zero-order valence-electron chi connectivity index (χ0n) is 16.9. The molecule has 0 unspecified atom stereocenters. The summed E-state index contributed by atoms with van der Waals surface area (Å²) < 4.78 is 29.6. The van der Waals surface area contributed by atoms with Crippen molar-refractivity contribution in [1.82, 2.24) is 4.90 Å². The Kier molecular flexibility index (Phi) is 6.27. The highest BCUT2D eigenvalue weighted by Gasteiger charge is 2.31. The van der Waals surface area contributed by atoms with Crippen LogP contribution in [0, 0.1) is 0 Å². The minimum Gasteiger partial charge on any atom is -0.465 e. The molecule has 0 radical (unpaired) electrons. The fraction of sp³-hybridized carbons (Fsp3) is 0.350. The molecular formula is C20H22N2O6S2. The van der Waals surface area contributed by atoms with Gasteiger partial charge < -0.3 is 15.0 Å². The molecular weight excluding hydrogens is 428 g/mol. The molecule has 30 heavy (non-hydrogen) atoms. The van der Waals surface area contributed by atoms with Gasteiger partial charge in [0.25, 0.3) is 5.91 Å². The molecule has 0 fully saturated rings. The summed E-state index contributed by atoms with van der Waals surface area (Å²) in [5.74, 6) is -1.43. The zero-order chi connectivity index (χ0) is 22.1. The molecule has 1 aromatic heterocycles. The lowest BCUT2D eigenvalue weighted by atomic mass is 10.0. The van der Waals surface area contributed by atoms with Crippen LogP contribution in [0.25, 0.3) is 0 Å². The first-order chi connectivity index (χ1) is 14.2. The van der Waals surface area contributed by atoms with Crippen LogP contribution in [-0.2, 0) is 32.3 Å². The van der Waals surface area contributed by atoms with E-state index >= 15 is 0 Å². The molecule has 0 bridgehead atoms. The molecule has 1 N–H and O–H groups in total. The van der Waals surface area contributed by atoms with Crippen LogP contribution < -0.4 is 5.32 Å². The van der Waals surface area contributed by atoms with E-state index in [1.807, 2.05) is 0 Å². The van der Waals surface area contributed by atoms with Gasteiger partial charge >= 0.3 is 5.97 Å². The fourth-order valence-corrected chi connectivity index (χ4v) is 5.67. The number of benzene rings is 1. The fourth-order valence-electron chi connectivity index (χ4n) is 3.33. The lowest BCUT2D eigenvalue weighted by Gasteiger charge is -2.25. The van der Waals surface area contributed by atoms with Crippen molar-refractivity contribution in [3.05, 3.63) is 45.8 Å². The summed E-state index contributed by atoms with van der Waals surface area (Å²) in [6, 6.07) is 5.95. The first-order valence-electron chi connectivity index (χ1n) is 9.31. The number of nitrogens with one attached hydrogen (secondary N) is 1. The molecule has 0 atom stereocenters. The second-order valence-electron chi connectivity index (χ2n) is 6.74. The summed E-state index contributed by atoms with van der Waals surface area (Å²) >= 11 is 1.19. The van der Waals surface area contributed by atoms with E-state index in [1.165, 1.54) is 44.4 Å². The van der Waals surface area contributed by atoms with Gasteiger partial charge in [0.05, 0.1) is 35.4 Å². The maximum atomic E-state index is 13.0. The summed E-state index contributed by atoms with van der Waals surface area (Å²) in [4.78, 5) is 39.5. The Morgan fingerprint density at radius 1 is 1.23 bits per heavy atom. The van der Waals surface area contributed by atoms with Crippen LogP contribution in [0.4, 0.5) is 5.00 Å². The molecule has 3 rings (SSSR count). The average Bonchev–Trinajstić information content (AvgIpc) is 3.09. The van der Waals surface area contributed by atoms with Crippen molar-refractivity contribution in [2.24, 2.45) is 0 Å². The Balaban J connectivity index is 2.01. The van der Waals surface area contributed by atoms with E-state index in [9.17, 15) is 22.8 Å². The summed E-state index contributed by atoms with van der Waals surface area (Å²) in [5, 5.41) is 2.97. The number of nitrogens with zero attached hydrogens (tertiary/aromatic N) is 1. The van der Waals surface area contributed by atoms with Crippen LogP contribution >= 0.6 is 11.3 Å². The molecule has 0 saturated carbocycles. The first kappa shape index (κ1) is 22.0. The predicted molar refractivity (Wildman–Crippen MR) is 113 cm³/mol. The van der Waals surface area contributed by atoms with Gasteiger partial charge in [0.2, 0.25) is 5.91 Å². The third kappa shape index (κ3) is 4.10. The highest BCUT2D eigenvalue weighted by molar-refractivity contribution is 7.91. The van der Waals surface area contributed by atoms with Crippen LogP contribution in [0.2, 0.25) is 0 Å².